The Morgan fingerprint density at radius 3 is 0.728 bits per heavy atom. The van der Waals surface area contributed by atoms with Crippen LogP contribution in [0.2, 0.25) is 0 Å². The topological polar surface area (TPSA) is 15.3 Å². The van der Waals surface area contributed by atoms with Gasteiger partial charge in [0.25, 0.3) is 0 Å². The first-order chi connectivity index (χ1) is 56.0. The lowest BCUT2D eigenvalue weighted by molar-refractivity contribution is 0.751. The Hall–Kier alpha value is -13.9. The van der Waals surface area contributed by atoms with Crippen molar-refractivity contribution in [1.82, 2.24) is 0 Å². The maximum Gasteiger partial charge on any atom is 0.0714 e. The van der Waals surface area contributed by atoms with E-state index in [-0.39, 0.29) is 8.41 Å². The van der Waals surface area contributed by atoms with Gasteiger partial charge >= 0.3 is 0 Å². The minimum absolute atomic E-state index is 0. The molecule has 539 valence electrons. The first kappa shape index (κ1) is 72.9. The minimum atomic E-state index is -0.622. The summed E-state index contributed by atoms with van der Waals surface area (Å²) in [5, 5.41) is 3.46. The van der Waals surface area contributed by atoms with Gasteiger partial charge in [0.1, 0.15) is 0 Å². The average Bonchev–Trinajstić information content (AvgIpc) is 1.49. The second kappa shape index (κ2) is 33.0. The van der Waals surface area contributed by atoms with Crippen LogP contribution in [0.3, 0.4) is 0 Å². The van der Waals surface area contributed by atoms with Crippen LogP contribution in [0.15, 0.2) is 478 Å². The number of rotatable bonds is 13. The van der Waals surface area contributed by atoms with Crippen LogP contribution in [-0.4, -0.2) is 8.41 Å². The summed E-state index contributed by atoms with van der Waals surface area (Å²) in [4.78, 5) is 2.40. The molecule has 114 heavy (non-hydrogen) atoms. The van der Waals surface area contributed by atoms with E-state index in [1.165, 1.54) is 134 Å². The summed E-state index contributed by atoms with van der Waals surface area (Å²) in [6, 6.07) is 171. The maximum atomic E-state index is 3.75. The molecule has 20 rings (SSSR count). The molecule has 0 saturated heterocycles. The first-order valence-corrected chi connectivity index (χ1v) is 39.5. The van der Waals surface area contributed by atoms with Gasteiger partial charge in [-0.05, 0) is 206 Å². The maximum absolute atomic E-state index is 3.75. The lowest BCUT2D eigenvalue weighted by atomic mass is 9.63. The molecule has 0 unspecified atom stereocenters. The van der Waals surface area contributed by atoms with Gasteiger partial charge in [-0.2, -0.15) is 0 Å². The summed E-state index contributed by atoms with van der Waals surface area (Å²) < 4.78 is 1.09. The quantitative estimate of drug-likeness (QED) is 0.116. The zero-order chi connectivity index (χ0) is 75.8. The van der Waals surface area contributed by atoms with E-state index in [1.54, 1.807) is 0 Å². The normalized spacial score (nSPS) is 12.1. The van der Waals surface area contributed by atoms with Gasteiger partial charge in [0.2, 0.25) is 0 Å². The second-order valence-electron chi connectivity index (χ2n) is 28.7. The molecule has 3 radical (unpaired) electrons. The fourth-order valence-electron chi connectivity index (χ4n) is 17.2. The molecular weight excluding hydrogens is 1440 g/mol. The predicted octanol–water partition coefficient (Wildman–Crippen LogP) is 29.4. The third-order valence-corrected chi connectivity index (χ3v) is 22.8. The predicted molar refractivity (Wildman–Crippen MR) is 484 cm³/mol. The van der Waals surface area contributed by atoms with Crippen LogP contribution in [0.25, 0.3) is 89.0 Å². The highest BCUT2D eigenvalue weighted by Gasteiger charge is 2.46. The summed E-state index contributed by atoms with van der Waals surface area (Å²) in [5.74, 6) is 0. The highest BCUT2D eigenvalue weighted by molar-refractivity contribution is 9.10. The Morgan fingerprint density at radius 2 is 0.421 bits per heavy atom. The zero-order valence-corrected chi connectivity index (χ0v) is 64.5. The number of nitrogens with one attached hydrogen (secondary N) is 1. The van der Waals surface area contributed by atoms with Crippen molar-refractivity contribution in [3.8, 4) is 89.0 Å². The third kappa shape index (κ3) is 14.1. The molecule has 0 spiro atoms. The van der Waals surface area contributed by atoms with Gasteiger partial charge in [-0.1, -0.05) is 416 Å². The molecule has 0 saturated carbocycles. The molecule has 0 aromatic heterocycles. The summed E-state index contributed by atoms with van der Waals surface area (Å²) in [6.07, 6.45) is 0. The van der Waals surface area contributed by atoms with Crippen molar-refractivity contribution in [2.75, 3.05) is 10.2 Å². The van der Waals surface area contributed by atoms with Crippen LogP contribution in [0.1, 0.15) is 44.5 Å². The summed E-state index contributed by atoms with van der Waals surface area (Å²) in [6.45, 7) is 0. The van der Waals surface area contributed by atoms with Crippen LogP contribution >= 0.6 is 15.9 Å². The minimum Gasteiger partial charge on any atom is -0.356 e. The van der Waals surface area contributed by atoms with Crippen molar-refractivity contribution in [2.45, 2.75) is 10.8 Å². The first-order valence-electron chi connectivity index (χ1n) is 38.7. The van der Waals surface area contributed by atoms with Gasteiger partial charge in [-0.25, -0.2) is 0 Å². The van der Waals surface area contributed by atoms with Crippen LogP contribution in [0.4, 0.5) is 28.4 Å². The van der Waals surface area contributed by atoms with Crippen molar-refractivity contribution in [2.24, 2.45) is 0 Å². The number of halogens is 1. The molecule has 1 N–H and O–H groups in total. The number of hydrogen-bond donors (Lipinski definition) is 1. The van der Waals surface area contributed by atoms with Crippen molar-refractivity contribution in [1.29, 1.82) is 0 Å². The standard InChI is InChI=1S/C55H39N.C31H21Br.C24H19N.B/c1-4-17-40(18-5-1)42-31-35-46(36-32-42)56(47-37-33-43(34-38-47)41-19-6-2-7-20-41)48-24-16-23-45(39-48)55(44-21-8-3-9-22-44)53-29-14-12-27-51(53)49-25-10-11-26-50(49)52-28-13-15-30-54(52)55;32-24-14-10-13-23(21-24)31(22-11-2-1-3-12-22)29-19-8-6-17-27(29)25-15-4-5-16-26(25)28-18-7-9-20-30(28)31;1-3-7-19(8-4-1)21-11-15-23(16-12-21)25-24-17-13-22(14-18-24)20-9-5-2-6-10-20;/h1-39H;1-21H;1-18,25H;. The molecule has 18 aromatic rings. The molecular formula is C110H79BBrN2. The van der Waals surface area contributed by atoms with Gasteiger partial charge in [-0.3, -0.25) is 0 Å². The number of nitrogens with zero attached hydrogens (tertiary/aromatic N) is 1. The monoisotopic (exact) mass is 1520 g/mol. The van der Waals surface area contributed by atoms with E-state index in [0.717, 1.165) is 32.9 Å². The lowest BCUT2D eigenvalue weighted by Gasteiger charge is -2.39. The molecule has 0 fully saturated rings. The zero-order valence-electron chi connectivity index (χ0n) is 62.9. The molecule has 2 aliphatic carbocycles. The molecule has 2 nitrogen and oxygen atoms in total. The Morgan fingerprint density at radius 1 is 0.184 bits per heavy atom. The molecule has 0 bridgehead atoms. The largest absolute Gasteiger partial charge is 0.356 e. The van der Waals surface area contributed by atoms with Gasteiger partial charge in [0.15, 0.2) is 0 Å². The van der Waals surface area contributed by atoms with E-state index in [9.17, 15) is 0 Å². The molecule has 0 amide bonds. The Labute approximate surface area is 680 Å². The molecule has 0 heterocycles. The molecule has 0 atom stereocenters. The van der Waals surface area contributed by atoms with E-state index in [0.29, 0.717) is 0 Å². The summed E-state index contributed by atoms with van der Waals surface area (Å²) in [7, 11) is 0. The fraction of sp³-hybridized carbons (Fsp3) is 0.0182. The number of benzene rings is 18. The van der Waals surface area contributed by atoms with Gasteiger partial charge in [0.05, 0.1) is 10.8 Å². The molecule has 2 aliphatic rings. The smallest absolute Gasteiger partial charge is 0.0714 e. The molecule has 0 aliphatic heterocycles. The van der Waals surface area contributed by atoms with Crippen molar-refractivity contribution in [3.05, 3.63) is 522 Å². The van der Waals surface area contributed by atoms with E-state index >= 15 is 0 Å². The Bertz CT molecular complexity index is 6000. The number of anilines is 5. The van der Waals surface area contributed by atoms with Gasteiger partial charge in [0, 0.05) is 41.3 Å². The Kier molecular flexibility index (Phi) is 21.1. The summed E-state index contributed by atoms with van der Waals surface area (Å²) in [5.41, 5.74) is 34.4. The van der Waals surface area contributed by atoms with Gasteiger partial charge in [-0.15, -0.1) is 0 Å². The fourth-order valence-corrected chi connectivity index (χ4v) is 17.6. The second-order valence-corrected chi connectivity index (χ2v) is 29.7. The number of fused-ring (bicyclic) bond motifs is 10. The Balaban J connectivity index is 0.000000136. The SMILES string of the molecule is Brc1cccc(C2(c3ccccc3)c3ccccc3-c3ccccc3-c3ccccc32)c1.[B].c1ccc(-c2ccc(N(c3ccc(-c4ccccc4)cc3)c3cccc(C4(c5ccccc5)c5ccccc5-c5ccccc5-c5ccccc54)c3)cc2)cc1.c1ccc(-c2ccc(Nc3ccc(-c4ccccc4)cc3)cc2)cc1. The van der Waals surface area contributed by atoms with Crippen LogP contribution < -0.4 is 10.2 Å². The average molecular weight is 1520 g/mol. The van der Waals surface area contributed by atoms with E-state index in [1.807, 2.05) is 12.1 Å². The van der Waals surface area contributed by atoms with E-state index < -0.39 is 10.8 Å². The van der Waals surface area contributed by atoms with Crippen LogP contribution in [0.5, 0.6) is 0 Å². The number of hydrogen-bond acceptors (Lipinski definition) is 2. The van der Waals surface area contributed by atoms with E-state index in [2.05, 4.69) is 487 Å². The molecule has 4 heteroatoms. The van der Waals surface area contributed by atoms with Crippen molar-refractivity contribution < 1.29 is 0 Å². The van der Waals surface area contributed by atoms with E-state index in [4.69, 9.17) is 0 Å². The molecule has 18 aromatic carbocycles. The van der Waals surface area contributed by atoms with Gasteiger partial charge < -0.3 is 10.2 Å². The highest BCUT2D eigenvalue weighted by Crippen LogP contribution is 2.58. The van der Waals surface area contributed by atoms with Crippen LogP contribution in [0, 0.1) is 0 Å². The summed E-state index contributed by atoms with van der Waals surface area (Å²) >= 11 is 3.75. The van der Waals surface area contributed by atoms with Crippen LogP contribution in [-0.2, 0) is 10.8 Å². The van der Waals surface area contributed by atoms with Crippen molar-refractivity contribution in [3.63, 3.8) is 0 Å². The van der Waals surface area contributed by atoms with Crippen molar-refractivity contribution >= 4 is 52.8 Å². The third-order valence-electron chi connectivity index (χ3n) is 22.3. The lowest BCUT2D eigenvalue weighted by Crippen LogP contribution is -2.32. The highest BCUT2D eigenvalue weighted by atomic mass is 79.9.